The molecule has 0 aromatic heterocycles. The molecule has 1 aromatic rings. The molecule has 0 fully saturated rings. The van der Waals surface area contributed by atoms with Crippen LogP contribution in [0.4, 0.5) is 5.69 Å². The van der Waals surface area contributed by atoms with E-state index < -0.39 is 0 Å². The Labute approximate surface area is 123 Å². The maximum atomic E-state index is 5.88. The van der Waals surface area contributed by atoms with Crippen molar-refractivity contribution < 1.29 is 4.74 Å². The molecule has 0 saturated heterocycles. The minimum atomic E-state index is 0.772. The van der Waals surface area contributed by atoms with Crippen LogP contribution < -0.4 is 10.1 Å². The van der Waals surface area contributed by atoms with Crippen LogP contribution in [-0.2, 0) is 6.54 Å². The number of unbranched alkanes of at least 4 members (excludes halogenated alkanes) is 2. The molecule has 0 radical (unpaired) electrons. The molecule has 3 nitrogen and oxygen atoms in total. The van der Waals surface area contributed by atoms with E-state index in [-0.39, 0.29) is 0 Å². The van der Waals surface area contributed by atoms with Gasteiger partial charge in [-0.25, -0.2) is 0 Å². The Bertz CT molecular complexity index is 398. The topological polar surface area (TPSA) is 24.5 Å². The third-order valence-electron chi connectivity index (χ3n) is 3.81. The molecule has 1 heterocycles. The lowest BCUT2D eigenvalue weighted by Crippen LogP contribution is -2.27. The number of fused-ring (bicyclic) bond motifs is 1. The van der Waals surface area contributed by atoms with Crippen molar-refractivity contribution in [2.45, 2.75) is 46.1 Å². The Balaban J connectivity index is 2.05. The normalized spacial score (nSPS) is 13.8. The standard InChI is InChI=1S/C17H28N2O/c1-3-5-11-19(12-6-4-2)14-15-8-7-9-16-17(15)20-13-10-18-16/h7-9,18H,3-6,10-14H2,1-2H3. The van der Waals surface area contributed by atoms with Gasteiger partial charge >= 0.3 is 0 Å². The molecule has 1 aromatic carbocycles. The smallest absolute Gasteiger partial charge is 0.146 e. The first kappa shape index (κ1) is 15.2. The number of benzene rings is 1. The number of anilines is 1. The van der Waals surface area contributed by atoms with Gasteiger partial charge in [-0.2, -0.15) is 0 Å². The van der Waals surface area contributed by atoms with Crippen LogP contribution in [0.5, 0.6) is 5.75 Å². The van der Waals surface area contributed by atoms with E-state index in [2.05, 4.69) is 42.3 Å². The van der Waals surface area contributed by atoms with Crippen LogP contribution in [0.3, 0.4) is 0 Å². The molecule has 1 aliphatic rings. The van der Waals surface area contributed by atoms with E-state index in [1.165, 1.54) is 44.3 Å². The number of nitrogens with zero attached hydrogens (tertiary/aromatic N) is 1. The van der Waals surface area contributed by atoms with Crippen LogP contribution in [-0.4, -0.2) is 31.1 Å². The number of nitrogens with one attached hydrogen (secondary N) is 1. The van der Waals surface area contributed by atoms with E-state index in [4.69, 9.17) is 4.74 Å². The zero-order valence-electron chi connectivity index (χ0n) is 13.0. The lowest BCUT2D eigenvalue weighted by Gasteiger charge is -2.26. The maximum absolute atomic E-state index is 5.88. The summed E-state index contributed by atoms with van der Waals surface area (Å²) in [4.78, 5) is 2.57. The number of ether oxygens (including phenoxy) is 1. The van der Waals surface area contributed by atoms with Crippen LogP contribution in [0, 0.1) is 0 Å². The van der Waals surface area contributed by atoms with E-state index in [0.29, 0.717) is 0 Å². The summed E-state index contributed by atoms with van der Waals surface area (Å²) >= 11 is 0. The molecule has 0 spiro atoms. The molecule has 0 saturated carbocycles. The SMILES string of the molecule is CCCCN(CCCC)Cc1cccc2c1OCCN2. The summed E-state index contributed by atoms with van der Waals surface area (Å²) in [6.07, 6.45) is 5.07. The molecule has 0 aliphatic carbocycles. The third-order valence-corrected chi connectivity index (χ3v) is 3.81. The molecule has 20 heavy (non-hydrogen) atoms. The van der Waals surface area contributed by atoms with Crippen molar-refractivity contribution in [3.63, 3.8) is 0 Å². The van der Waals surface area contributed by atoms with Crippen LogP contribution in [0.1, 0.15) is 45.1 Å². The first-order valence-corrected chi connectivity index (χ1v) is 8.06. The second-order valence-electron chi connectivity index (χ2n) is 5.55. The van der Waals surface area contributed by atoms with Gasteiger partial charge < -0.3 is 10.1 Å². The van der Waals surface area contributed by atoms with Crippen LogP contribution in [0.15, 0.2) is 18.2 Å². The summed E-state index contributed by atoms with van der Waals surface area (Å²) in [7, 11) is 0. The van der Waals surface area contributed by atoms with E-state index in [1.54, 1.807) is 0 Å². The number of hydrogen-bond acceptors (Lipinski definition) is 3. The largest absolute Gasteiger partial charge is 0.489 e. The van der Waals surface area contributed by atoms with E-state index in [0.717, 1.165) is 31.1 Å². The van der Waals surface area contributed by atoms with Gasteiger partial charge in [0.2, 0.25) is 0 Å². The van der Waals surface area contributed by atoms with Crippen molar-refractivity contribution >= 4 is 5.69 Å². The van der Waals surface area contributed by atoms with Crippen molar-refractivity contribution in [3.05, 3.63) is 23.8 Å². The fourth-order valence-corrected chi connectivity index (χ4v) is 2.63. The van der Waals surface area contributed by atoms with Crippen molar-refractivity contribution in [2.24, 2.45) is 0 Å². The molecular formula is C17H28N2O. The van der Waals surface area contributed by atoms with Gasteiger partial charge in [0.15, 0.2) is 0 Å². The first-order chi connectivity index (χ1) is 9.85. The van der Waals surface area contributed by atoms with Gasteiger partial charge in [-0.15, -0.1) is 0 Å². The molecule has 0 bridgehead atoms. The highest BCUT2D eigenvalue weighted by Crippen LogP contribution is 2.32. The van der Waals surface area contributed by atoms with Crippen molar-refractivity contribution in [3.8, 4) is 5.75 Å². The highest BCUT2D eigenvalue weighted by Gasteiger charge is 2.15. The fourth-order valence-electron chi connectivity index (χ4n) is 2.63. The summed E-state index contributed by atoms with van der Waals surface area (Å²) in [6, 6.07) is 6.45. The lowest BCUT2D eigenvalue weighted by atomic mass is 10.1. The summed E-state index contributed by atoms with van der Waals surface area (Å²) in [5.74, 6) is 1.07. The monoisotopic (exact) mass is 276 g/mol. The number of hydrogen-bond donors (Lipinski definition) is 1. The van der Waals surface area contributed by atoms with Crippen molar-refractivity contribution in [1.29, 1.82) is 0 Å². The molecule has 112 valence electrons. The summed E-state index contributed by atoms with van der Waals surface area (Å²) in [6.45, 7) is 9.58. The molecular weight excluding hydrogens is 248 g/mol. The van der Waals surface area contributed by atoms with Gasteiger partial charge in [0.25, 0.3) is 0 Å². The zero-order valence-corrected chi connectivity index (χ0v) is 13.0. The predicted molar refractivity (Wildman–Crippen MR) is 85.5 cm³/mol. The van der Waals surface area contributed by atoms with Gasteiger partial charge in [0, 0.05) is 18.7 Å². The van der Waals surface area contributed by atoms with E-state index >= 15 is 0 Å². The molecule has 0 unspecified atom stereocenters. The first-order valence-electron chi connectivity index (χ1n) is 8.06. The van der Waals surface area contributed by atoms with Gasteiger partial charge in [-0.3, -0.25) is 4.90 Å². The van der Waals surface area contributed by atoms with Gasteiger partial charge in [0.1, 0.15) is 12.4 Å². The average molecular weight is 276 g/mol. The maximum Gasteiger partial charge on any atom is 0.146 e. The predicted octanol–water partition coefficient (Wildman–Crippen LogP) is 3.89. The molecule has 1 N–H and O–H groups in total. The van der Waals surface area contributed by atoms with Gasteiger partial charge in [0.05, 0.1) is 5.69 Å². The van der Waals surface area contributed by atoms with E-state index in [1.807, 2.05) is 0 Å². The highest BCUT2D eigenvalue weighted by atomic mass is 16.5. The van der Waals surface area contributed by atoms with Crippen LogP contribution in [0.25, 0.3) is 0 Å². The Morgan fingerprint density at radius 2 is 1.90 bits per heavy atom. The average Bonchev–Trinajstić information content (AvgIpc) is 2.50. The summed E-state index contributed by atoms with van der Waals surface area (Å²) in [5, 5.41) is 3.42. The second kappa shape index (κ2) is 8.15. The Hall–Kier alpha value is -1.22. The molecule has 0 amide bonds. The molecule has 2 rings (SSSR count). The van der Waals surface area contributed by atoms with Crippen molar-refractivity contribution in [1.82, 2.24) is 4.90 Å². The Morgan fingerprint density at radius 1 is 1.15 bits per heavy atom. The quantitative estimate of drug-likeness (QED) is 0.779. The minimum absolute atomic E-state index is 0.772. The molecule has 0 atom stereocenters. The second-order valence-corrected chi connectivity index (χ2v) is 5.55. The Morgan fingerprint density at radius 3 is 2.60 bits per heavy atom. The summed E-state index contributed by atoms with van der Waals surface area (Å²) in [5.41, 5.74) is 2.47. The molecule has 1 aliphatic heterocycles. The van der Waals surface area contributed by atoms with Crippen LogP contribution >= 0.6 is 0 Å². The van der Waals surface area contributed by atoms with E-state index in [9.17, 15) is 0 Å². The molecule has 3 heteroatoms. The fraction of sp³-hybridized carbons (Fsp3) is 0.647. The van der Waals surface area contributed by atoms with Crippen LogP contribution in [0.2, 0.25) is 0 Å². The van der Waals surface area contributed by atoms with Crippen molar-refractivity contribution in [2.75, 3.05) is 31.6 Å². The number of rotatable bonds is 8. The highest BCUT2D eigenvalue weighted by molar-refractivity contribution is 5.61. The summed E-state index contributed by atoms with van der Waals surface area (Å²) < 4.78 is 5.88. The Kier molecular flexibility index (Phi) is 6.19. The number of para-hydroxylation sites is 1. The minimum Gasteiger partial charge on any atom is -0.489 e. The van der Waals surface area contributed by atoms with Gasteiger partial charge in [-0.05, 0) is 32.0 Å². The lowest BCUT2D eigenvalue weighted by molar-refractivity contribution is 0.248. The third kappa shape index (κ3) is 4.14. The zero-order chi connectivity index (χ0) is 14.2. The van der Waals surface area contributed by atoms with Gasteiger partial charge in [-0.1, -0.05) is 38.8 Å².